The van der Waals surface area contributed by atoms with Crippen molar-refractivity contribution in [2.45, 2.75) is 6.42 Å². The van der Waals surface area contributed by atoms with Gasteiger partial charge in [-0.2, -0.15) is 5.26 Å². The van der Waals surface area contributed by atoms with E-state index in [0.29, 0.717) is 12.1 Å². The first-order chi connectivity index (χ1) is 8.33. The van der Waals surface area contributed by atoms with Gasteiger partial charge in [-0.15, -0.1) is 0 Å². The lowest BCUT2D eigenvalue weighted by molar-refractivity contribution is 0.924. The Bertz CT molecular complexity index is 521. The highest BCUT2D eigenvalue weighted by atomic mass is 14.7. The first-order valence-corrected chi connectivity index (χ1v) is 5.49. The fraction of sp³-hybridized carbons (Fsp3) is 0.143. The molecule has 0 aliphatic heterocycles. The van der Waals surface area contributed by atoms with E-state index < -0.39 is 0 Å². The average Bonchev–Trinajstić information content (AvgIpc) is 2.40. The maximum atomic E-state index is 8.72. The molecular weight excluding hydrogens is 210 g/mol. The minimum atomic E-state index is 0.614. The van der Waals surface area contributed by atoms with Crippen LogP contribution in [0, 0.1) is 11.3 Å². The normalized spacial score (nSPS) is 9.88. The molecule has 0 unspecified atom stereocenters. The smallest absolute Gasteiger partial charge is 0.0991 e. The molecule has 0 bridgehead atoms. The molecule has 3 nitrogen and oxygen atoms in total. The average molecular weight is 223 g/mol. The maximum absolute atomic E-state index is 8.72. The number of pyridine rings is 1. The Kier molecular flexibility index (Phi) is 3.49. The van der Waals surface area contributed by atoms with Crippen LogP contribution in [0.4, 0.5) is 0 Å². The Morgan fingerprint density at radius 2 is 1.76 bits per heavy atom. The molecule has 1 aromatic heterocycles. The van der Waals surface area contributed by atoms with Gasteiger partial charge in [-0.3, -0.25) is 4.98 Å². The molecule has 0 atom stereocenters. The SMILES string of the molecule is N#Cc1ccc(-c2ccc(CCN)nc2)cc1. The Morgan fingerprint density at radius 3 is 2.29 bits per heavy atom. The molecular formula is C14H13N3. The van der Waals surface area contributed by atoms with Crippen molar-refractivity contribution in [2.75, 3.05) is 6.54 Å². The van der Waals surface area contributed by atoms with Crippen LogP contribution in [0.2, 0.25) is 0 Å². The topological polar surface area (TPSA) is 62.7 Å². The van der Waals surface area contributed by atoms with Crippen molar-refractivity contribution in [2.24, 2.45) is 5.73 Å². The van der Waals surface area contributed by atoms with Crippen LogP contribution >= 0.6 is 0 Å². The highest BCUT2D eigenvalue weighted by Crippen LogP contribution is 2.18. The minimum absolute atomic E-state index is 0.614. The van der Waals surface area contributed by atoms with Gasteiger partial charge in [0.2, 0.25) is 0 Å². The number of benzene rings is 1. The summed E-state index contributed by atoms with van der Waals surface area (Å²) in [7, 11) is 0. The summed E-state index contributed by atoms with van der Waals surface area (Å²) in [6.07, 6.45) is 2.64. The zero-order chi connectivity index (χ0) is 12.1. The van der Waals surface area contributed by atoms with E-state index in [-0.39, 0.29) is 0 Å². The minimum Gasteiger partial charge on any atom is -0.330 e. The van der Waals surface area contributed by atoms with Crippen LogP contribution in [0.3, 0.4) is 0 Å². The Hall–Kier alpha value is -2.18. The van der Waals surface area contributed by atoms with E-state index in [1.165, 1.54) is 0 Å². The van der Waals surface area contributed by atoms with Crippen molar-refractivity contribution in [1.29, 1.82) is 5.26 Å². The standard InChI is InChI=1S/C14H13N3/c15-8-7-14-6-5-13(10-17-14)12-3-1-11(9-16)2-4-12/h1-6,10H,7-8,15H2. The van der Waals surface area contributed by atoms with Crippen LogP contribution < -0.4 is 5.73 Å². The molecule has 0 spiro atoms. The van der Waals surface area contributed by atoms with Gasteiger partial charge < -0.3 is 5.73 Å². The van der Waals surface area contributed by atoms with Crippen molar-refractivity contribution in [3.8, 4) is 17.2 Å². The second-order valence-corrected chi connectivity index (χ2v) is 3.77. The van der Waals surface area contributed by atoms with Gasteiger partial charge in [-0.1, -0.05) is 18.2 Å². The predicted molar refractivity (Wildman–Crippen MR) is 67.1 cm³/mol. The summed E-state index contributed by atoms with van der Waals surface area (Å²) in [5, 5.41) is 8.72. The van der Waals surface area contributed by atoms with E-state index in [2.05, 4.69) is 11.1 Å². The van der Waals surface area contributed by atoms with Crippen molar-refractivity contribution >= 4 is 0 Å². The van der Waals surface area contributed by atoms with Gasteiger partial charge in [0.25, 0.3) is 0 Å². The molecule has 2 rings (SSSR count). The zero-order valence-corrected chi connectivity index (χ0v) is 9.43. The number of rotatable bonds is 3. The third kappa shape index (κ3) is 2.68. The van der Waals surface area contributed by atoms with Gasteiger partial charge in [-0.25, -0.2) is 0 Å². The van der Waals surface area contributed by atoms with E-state index in [9.17, 15) is 0 Å². The van der Waals surface area contributed by atoms with Gasteiger partial charge in [0.15, 0.2) is 0 Å². The predicted octanol–water partition coefficient (Wildman–Crippen LogP) is 2.12. The lowest BCUT2D eigenvalue weighted by Crippen LogP contribution is -2.03. The molecule has 2 aromatic rings. The molecule has 0 radical (unpaired) electrons. The van der Waals surface area contributed by atoms with E-state index in [4.69, 9.17) is 11.0 Å². The molecule has 0 fully saturated rings. The van der Waals surface area contributed by atoms with Crippen LogP contribution in [-0.4, -0.2) is 11.5 Å². The fourth-order valence-corrected chi connectivity index (χ4v) is 1.63. The summed E-state index contributed by atoms with van der Waals surface area (Å²) in [6.45, 7) is 0.614. The number of aromatic nitrogens is 1. The molecule has 0 aliphatic carbocycles. The number of nitrogens with two attached hydrogens (primary N) is 1. The fourth-order valence-electron chi connectivity index (χ4n) is 1.63. The summed E-state index contributed by atoms with van der Waals surface area (Å²) < 4.78 is 0. The largest absolute Gasteiger partial charge is 0.330 e. The summed E-state index contributed by atoms with van der Waals surface area (Å²) in [6, 6.07) is 13.6. The zero-order valence-electron chi connectivity index (χ0n) is 9.43. The van der Waals surface area contributed by atoms with E-state index in [1.807, 2.05) is 42.6 Å². The molecule has 1 heterocycles. The number of hydrogen-bond acceptors (Lipinski definition) is 3. The van der Waals surface area contributed by atoms with Crippen LogP contribution in [0.25, 0.3) is 11.1 Å². The molecule has 17 heavy (non-hydrogen) atoms. The third-order valence-corrected chi connectivity index (χ3v) is 2.57. The second-order valence-electron chi connectivity index (χ2n) is 3.77. The maximum Gasteiger partial charge on any atom is 0.0991 e. The van der Waals surface area contributed by atoms with Crippen molar-refractivity contribution in [3.05, 3.63) is 53.9 Å². The van der Waals surface area contributed by atoms with Crippen LogP contribution in [0.5, 0.6) is 0 Å². The molecule has 2 N–H and O–H groups in total. The lowest BCUT2D eigenvalue weighted by Gasteiger charge is -2.03. The molecule has 0 saturated carbocycles. The quantitative estimate of drug-likeness (QED) is 0.866. The highest BCUT2D eigenvalue weighted by molar-refractivity contribution is 5.63. The Morgan fingerprint density at radius 1 is 1.06 bits per heavy atom. The first kappa shape index (κ1) is 11.3. The van der Waals surface area contributed by atoms with Crippen molar-refractivity contribution in [3.63, 3.8) is 0 Å². The Labute approximate surface area is 101 Å². The molecule has 84 valence electrons. The van der Waals surface area contributed by atoms with E-state index in [0.717, 1.165) is 23.2 Å². The highest BCUT2D eigenvalue weighted by Gasteiger charge is 1.99. The molecule has 3 heteroatoms. The van der Waals surface area contributed by atoms with Crippen molar-refractivity contribution < 1.29 is 0 Å². The summed E-state index contributed by atoms with van der Waals surface area (Å²) in [5.41, 5.74) is 9.26. The van der Waals surface area contributed by atoms with Crippen LogP contribution in [0.1, 0.15) is 11.3 Å². The van der Waals surface area contributed by atoms with Gasteiger partial charge in [0, 0.05) is 23.9 Å². The summed E-state index contributed by atoms with van der Waals surface area (Å²) in [5.74, 6) is 0. The van der Waals surface area contributed by atoms with Gasteiger partial charge in [0.1, 0.15) is 0 Å². The van der Waals surface area contributed by atoms with Gasteiger partial charge in [0.05, 0.1) is 11.6 Å². The van der Waals surface area contributed by atoms with E-state index >= 15 is 0 Å². The van der Waals surface area contributed by atoms with Crippen LogP contribution in [-0.2, 0) is 6.42 Å². The number of hydrogen-bond donors (Lipinski definition) is 1. The molecule has 0 saturated heterocycles. The number of nitrogens with zero attached hydrogens (tertiary/aromatic N) is 2. The number of nitriles is 1. The van der Waals surface area contributed by atoms with Crippen molar-refractivity contribution in [1.82, 2.24) is 4.98 Å². The van der Waals surface area contributed by atoms with Gasteiger partial charge >= 0.3 is 0 Å². The first-order valence-electron chi connectivity index (χ1n) is 5.49. The summed E-state index contributed by atoms with van der Waals surface area (Å²) in [4.78, 5) is 4.34. The van der Waals surface area contributed by atoms with Gasteiger partial charge in [-0.05, 0) is 30.3 Å². The monoisotopic (exact) mass is 223 g/mol. The Balaban J connectivity index is 2.24. The lowest BCUT2D eigenvalue weighted by atomic mass is 10.1. The molecule has 1 aromatic carbocycles. The third-order valence-electron chi connectivity index (χ3n) is 2.57. The second kappa shape index (κ2) is 5.24. The molecule has 0 aliphatic rings. The van der Waals surface area contributed by atoms with Crippen LogP contribution in [0.15, 0.2) is 42.6 Å². The molecule has 0 amide bonds. The van der Waals surface area contributed by atoms with E-state index in [1.54, 1.807) is 0 Å². The summed E-state index contributed by atoms with van der Waals surface area (Å²) >= 11 is 0.